The number of aryl methyl sites for hydroxylation is 2. The van der Waals surface area contributed by atoms with E-state index in [4.69, 9.17) is 21.3 Å². The lowest BCUT2D eigenvalue weighted by Gasteiger charge is -2.26. The van der Waals surface area contributed by atoms with Gasteiger partial charge in [-0.2, -0.15) is 0 Å². The quantitative estimate of drug-likeness (QED) is 0.355. The smallest absolute Gasteiger partial charge is 0.263 e. The van der Waals surface area contributed by atoms with Crippen LogP contribution in [0.2, 0.25) is 5.02 Å². The average Bonchev–Trinajstić information content (AvgIpc) is 3.03. The average molecular weight is 482 g/mol. The molecular formula is C22H25ClFN3O2S2. The summed E-state index contributed by atoms with van der Waals surface area (Å²) in [5.74, 6) is 0.159. The van der Waals surface area contributed by atoms with Gasteiger partial charge in [0.2, 0.25) is 0 Å². The van der Waals surface area contributed by atoms with Gasteiger partial charge in [-0.25, -0.2) is 9.37 Å². The second-order valence-electron chi connectivity index (χ2n) is 7.65. The van der Waals surface area contributed by atoms with E-state index in [1.165, 1.54) is 23.9 Å². The van der Waals surface area contributed by atoms with Gasteiger partial charge >= 0.3 is 0 Å². The minimum atomic E-state index is -0.358. The van der Waals surface area contributed by atoms with Crippen LogP contribution in [0, 0.1) is 19.7 Å². The standard InChI is InChI=1S/C22H25ClFN3O2S2/c1-14-15(2)31-20-19(14)21(28)27(7-3-6-26-8-10-29-11-9-26)22(25-20)30-13-16-4-5-17(24)12-18(16)23/h4-5,12H,3,6-11,13H2,1-2H3. The maximum Gasteiger partial charge on any atom is 0.263 e. The molecule has 3 heterocycles. The van der Waals surface area contributed by atoms with Gasteiger partial charge < -0.3 is 4.74 Å². The predicted molar refractivity (Wildman–Crippen MR) is 126 cm³/mol. The summed E-state index contributed by atoms with van der Waals surface area (Å²) in [5.41, 5.74) is 1.85. The van der Waals surface area contributed by atoms with Crippen LogP contribution >= 0.6 is 34.7 Å². The van der Waals surface area contributed by atoms with E-state index in [0.717, 1.165) is 65.5 Å². The van der Waals surface area contributed by atoms with Crippen molar-refractivity contribution in [3.05, 3.63) is 55.4 Å². The van der Waals surface area contributed by atoms with Gasteiger partial charge in [-0.05, 0) is 43.5 Å². The van der Waals surface area contributed by atoms with E-state index in [2.05, 4.69) is 4.90 Å². The third-order valence-corrected chi connectivity index (χ3v) is 8.06. The molecule has 166 valence electrons. The van der Waals surface area contributed by atoms with E-state index in [1.54, 1.807) is 22.0 Å². The zero-order valence-electron chi connectivity index (χ0n) is 17.6. The molecule has 0 bridgehead atoms. The van der Waals surface area contributed by atoms with Gasteiger partial charge in [-0.15, -0.1) is 11.3 Å². The molecule has 5 nitrogen and oxygen atoms in total. The summed E-state index contributed by atoms with van der Waals surface area (Å²) in [6.45, 7) is 8.92. The van der Waals surface area contributed by atoms with E-state index >= 15 is 0 Å². The molecule has 0 spiro atoms. The number of hydrogen-bond acceptors (Lipinski definition) is 6. The summed E-state index contributed by atoms with van der Waals surface area (Å²) in [4.78, 5) is 22.5. The van der Waals surface area contributed by atoms with Gasteiger partial charge in [0.1, 0.15) is 10.6 Å². The lowest BCUT2D eigenvalue weighted by molar-refractivity contribution is 0.0368. The topological polar surface area (TPSA) is 47.4 Å². The molecule has 31 heavy (non-hydrogen) atoms. The van der Waals surface area contributed by atoms with Gasteiger partial charge in [-0.3, -0.25) is 14.3 Å². The third kappa shape index (κ3) is 5.14. The SMILES string of the molecule is Cc1sc2nc(SCc3ccc(F)cc3Cl)n(CCCN3CCOCC3)c(=O)c2c1C. The Hall–Kier alpha value is -1.45. The number of hydrogen-bond donors (Lipinski definition) is 0. The predicted octanol–water partition coefficient (Wildman–Crippen LogP) is 4.88. The first-order valence-corrected chi connectivity index (χ1v) is 12.5. The number of nitrogens with zero attached hydrogens (tertiary/aromatic N) is 3. The van der Waals surface area contributed by atoms with Gasteiger partial charge in [0.15, 0.2) is 5.16 Å². The largest absolute Gasteiger partial charge is 0.379 e. The molecule has 0 amide bonds. The molecule has 1 aromatic carbocycles. The number of benzene rings is 1. The lowest BCUT2D eigenvalue weighted by Crippen LogP contribution is -2.37. The molecule has 0 saturated carbocycles. The van der Waals surface area contributed by atoms with Crippen LogP contribution in [0.4, 0.5) is 4.39 Å². The van der Waals surface area contributed by atoms with E-state index in [1.807, 2.05) is 13.8 Å². The Morgan fingerprint density at radius 3 is 2.77 bits per heavy atom. The summed E-state index contributed by atoms with van der Waals surface area (Å²) in [7, 11) is 0. The molecule has 2 aromatic heterocycles. The fourth-order valence-corrected chi connectivity index (χ4v) is 6.09. The summed E-state index contributed by atoms with van der Waals surface area (Å²) in [6, 6.07) is 4.40. The second-order valence-corrected chi connectivity index (χ2v) is 10.2. The van der Waals surface area contributed by atoms with E-state index in [9.17, 15) is 9.18 Å². The number of halogens is 2. The molecule has 0 atom stereocenters. The molecule has 9 heteroatoms. The van der Waals surface area contributed by atoms with Gasteiger partial charge in [0.05, 0.1) is 18.6 Å². The van der Waals surface area contributed by atoms with Crippen LogP contribution in [0.25, 0.3) is 10.2 Å². The van der Waals surface area contributed by atoms with Crippen molar-refractivity contribution < 1.29 is 9.13 Å². The van der Waals surface area contributed by atoms with Crippen LogP contribution in [-0.4, -0.2) is 47.3 Å². The van der Waals surface area contributed by atoms with Crippen LogP contribution in [0.3, 0.4) is 0 Å². The highest BCUT2D eigenvalue weighted by Gasteiger charge is 2.18. The normalized spacial score (nSPS) is 15.1. The molecule has 4 rings (SSSR count). The van der Waals surface area contributed by atoms with Gasteiger partial charge in [0, 0.05) is 41.8 Å². The second kappa shape index (κ2) is 10.0. The Bertz CT molecular complexity index is 1140. The monoisotopic (exact) mass is 481 g/mol. The Balaban J connectivity index is 1.60. The minimum absolute atomic E-state index is 0.0153. The highest BCUT2D eigenvalue weighted by atomic mass is 35.5. The molecule has 0 unspecified atom stereocenters. The zero-order valence-corrected chi connectivity index (χ0v) is 20.0. The fourth-order valence-electron chi connectivity index (χ4n) is 3.67. The van der Waals surface area contributed by atoms with Crippen molar-refractivity contribution in [1.29, 1.82) is 0 Å². The van der Waals surface area contributed by atoms with E-state index in [-0.39, 0.29) is 11.4 Å². The van der Waals surface area contributed by atoms with Crippen molar-refractivity contribution in [3.8, 4) is 0 Å². The first-order chi connectivity index (χ1) is 14.9. The van der Waals surface area contributed by atoms with Gasteiger partial charge in [-0.1, -0.05) is 29.4 Å². The highest BCUT2D eigenvalue weighted by molar-refractivity contribution is 7.98. The Morgan fingerprint density at radius 1 is 1.26 bits per heavy atom. The van der Waals surface area contributed by atoms with Crippen molar-refractivity contribution in [2.75, 3.05) is 32.8 Å². The van der Waals surface area contributed by atoms with Crippen LogP contribution in [0.15, 0.2) is 28.2 Å². The number of rotatable bonds is 7. The molecule has 0 aliphatic carbocycles. The summed E-state index contributed by atoms with van der Waals surface area (Å²) >= 11 is 9.22. The molecule has 3 aromatic rings. The minimum Gasteiger partial charge on any atom is -0.379 e. The third-order valence-electron chi connectivity index (χ3n) is 5.59. The molecule has 0 radical (unpaired) electrons. The lowest BCUT2D eigenvalue weighted by atomic mass is 10.2. The molecule has 1 aliphatic rings. The van der Waals surface area contributed by atoms with E-state index < -0.39 is 0 Å². The highest BCUT2D eigenvalue weighted by Crippen LogP contribution is 2.31. The first kappa shape index (κ1) is 22.7. The van der Waals surface area contributed by atoms with Crippen LogP contribution in [-0.2, 0) is 17.0 Å². The Morgan fingerprint density at radius 2 is 2.03 bits per heavy atom. The van der Waals surface area contributed by atoms with Crippen molar-refractivity contribution in [2.24, 2.45) is 0 Å². The Labute approximate surface area is 194 Å². The van der Waals surface area contributed by atoms with Crippen molar-refractivity contribution >= 4 is 44.9 Å². The fraction of sp³-hybridized carbons (Fsp3) is 0.455. The maximum atomic E-state index is 13.4. The number of aromatic nitrogens is 2. The van der Waals surface area contributed by atoms with Crippen LogP contribution in [0.1, 0.15) is 22.4 Å². The van der Waals surface area contributed by atoms with Gasteiger partial charge in [0.25, 0.3) is 5.56 Å². The zero-order chi connectivity index (χ0) is 22.0. The van der Waals surface area contributed by atoms with Crippen molar-refractivity contribution in [1.82, 2.24) is 14.5 Å². The molecular weight excluding hydrogens is 457 g/mol. The number of thiophene rings is 1. The molecule has 1 aliphatic heterocycles. The molecule has 1 fully saturated rings. The molecule has 1 saturated heterocycles. The molecule has 0 N–H and O–H groups in total. The van der Waals surface area contributed by atoms with Crippen molar-refractivity contribution in [2.45, 2.75) is 37.7 Å². The Kier molecular flexibility index (Phi) is 7.33. The maximum absolute atomic E-state index is 13.4. The number of fused-ring (bicyclic) bond motifs is 1. The van der Waals surface area contributed by atoms with E-state index in [0.29, 0.717) is 22.5 Å². The number of thioether (sulfide) groups is 1. The summed E-state index contributed by atoms with van der Waals surface area (Å²) < 4.78 is 20.6. The number of ether oxygens (including phenoxy) is 1. The first-order valence-electron chi connectivity index (χ1n) is 10.3. The van der Waals surface area contributed by atoms with Crippen LogP contribution < -0.4 is 5.56 Å². The van der Waals surface area contributed by atoms with Crippen LogP contribution in [0.5, 0.6) is 0 Å². The van der Waals surface area contributed by atoms with Crippen molar-refractivity contribution in [3.63, 3.8) is 0 Å². The summed E-state index contributed by atoms with van der Waals surface area (Å²) in [5, 5.41) is 1.79. The summed E-state index contributed by atoms with van der Waals surface area (Å²) in [6.07, 6.45) is 0.861. The number of morpholine rings is 1.